The van der Waals surface area contributed by atoms with Crippen LogP contribution in [0.1, 0.15) is 11.1 Å². The zero-order valence-corrected chi connectivity index (χ0v) is 8.99. The molecule has 2 aliphatic heterocycles. The van der Waals surface area contributed by atoms with Gasteiger partial charge in [0.2, 0.25) is 0 Å². The fourth-order valence-electron chi connectivity index (χ4n) is 1.93. The number of aryl methyl sites for hydroxylation is 1. The van der Waals surface area contributed by atoms with Gasteiger partial charge < -0.3 is 4.90 Å². The van der Waals surface area contributed by atoms with E-state index in [0.717, 1.165) is 16.3 Å². The molecule has 1 unspecified atom stereocenters. The first kappa shape index (κ1) is 8.80. The molecule has 1 atom stereocenters. The number of nitrogens with zero attached hydrogens (tertiary/aromatic N) is 2. The highest BCUT2D eigenvalue weighted by atomic mass is 35.5. The van der Waals surface area contributed by atoms with Crippen LogP contribution in [0, 0.1) is 6.92 Å². The summed E-state index contributed by atoms with van der Waals surface area (Å²) in [5.74, 6) is 0. The van der Waals surface area contributed by atoms with Gasteiger partial charge in [0.25, 0.3) is 0 Å². The van der Waals surface area contributed by atoms with Gasteiger partial charge >= 0.3 is 0 Å². The minimum atomic E-state index is 0.0627. The van der Waals surface area contributed by atoms with Crippen LogP contribution in [0.3, 0.4) is 0 Å². The summed E-state index contributed by atoms with van der Waals surface area (Å²) >= 11 is 6.22. The Balaban J connectivity index is 2.21. The molecule has 1 aromatic carbocycles. The summed E-state index contributed by atoms with van der Waals surface area (Å²) in [4.78, 5) is 2.07. The number of nitrogens with one attached hydrogen (secondary N) is 1. The molecule has 15 heavy (non-hydrogen) atoms. The van der Waals surface area contributed by atoms with Gasteiger partial charge in [-0.3, -0.25) is 5.43 Å². The lowest BCUT2D eigenvalue weighted by molar-refractivity contribution is 0.685. The summed E-state index contributed by atoms with van der Waals surface area (Å²) in [5.41, 5.74) is 6.37. The smallest absolute Gasteiger partial charge is 0.141 e. The molecular weight excluding hydrogens is 210 g/mol. The third-order valence-electron chi connectivity index (χ3n) is 2.68. The number of hydrogen-bond donors (Lipinski definition) is 1. The SMILES string of the molecule is Cc1ccc2c(c1)C(Cl)=CC1NN=CN21. The average Bonchev–Trinajstić information content (AvgIpc) is 2.66. The zero-order valence-electron chi connectivity index (χ0n) is 8.24. The summed E-state index contributed by atoms with van der Waals surface area (Å²) in [6, 6.07) is 6.25. The lowest BCUT2D eigenvalue weighted by Gasteiger charge is -2.28. The Morgan fingerprint density at radius 1 is 1.47 bits per heavy atom. The van der Waals surface area contributed by atoms with Gasteiger partial charge in [0.05, 0.1) is 5.69 Å². The summed E-state index contributed by atoms with van der Waals surface area (Å²) in [6.07, 6.45) is 3.82. The fraction of sp³-hybridized carbons (Fsp3) is 0.182. The van der Waals surface area contributed by atoms with Crippen LogP contribution in [-0.4, -0.2) is 12.5 Å². The van der Waals surface area contributed by atoms with E-state index in [1.807, 2.05) is 6.08 Å². The van der Waals surface area contributed by atoms with Gasteiger partial charge in [0, 0.05) is 10.6 Å². The molecule has 0 saturated carbocycles. The van der Waals surface area contributed by atoms with Crippen molar-refractivity contribution in [3.8, 4) is 0 Å². The maximum absolute atomic E-state index is 6.22. The highest BCUT2D eigenvalue weighted by Gasteiger charge is 2.27. The first-order valence-electron chi connectivity index (χ1n) is 4.81. The molecular formula is C11H10ClN3. The summed E-state index contributed by atoms with van der Waals surface area (Å²) < 4.78 is 0. The Morgan fingerprint density at radius 2 is 2.33 bits per heavy atom. The lowest BCUT2D eigenvalue weighted by atomic mass is 10.0. The molecule has 0 saturated heterocycles. The minimum absolute atomic E-state index is 0.0627. The van der Waals surface area contributed by atoms with Crippen LogP contribution < -0.4 is 10.3 Å². The Morgan fingerprint density at radius 3 is 3.20 bits per heavy atom. The van der Waals surface area contributed by atoms with Gasteiger partial charge in [-0.05, 0) is 25.1 Å². The minimum Gasteiger partial charge on any atom is -0.304 e. The van der Waals surface area contributed by atoms with Crippen molar-refractivity contribution in [2.75, 3.05) is 4.90 Å². The zero-order chi connectivity index (χ0) is 10.4. The first-order chi connectivity index (χ1) is 7.25. The third-order valence-corrected chi connectivity index (χ3v) is 3.01. The normalized spacial score (nSPS) is 21.9. The summed E-state index contributed by atoms with van der Waals surface area (Å²) in [5, 5.41) is 4.82. The number of halogens is 1. The molecule has 0 aliphatic carbocycles. The molecule has 76 valence electrons. The van der Waals surface area contributed by atoms with Crippen molar-refractivity contribution in [3.63, 3.8) is 0 Å². The molecule has 0 fully saturated rings. The third kappa shape index (κ3) is 1.23. The van der Waals surface area contributed by atoms with E-state index in [4.69, 9.17) is 11.6 Å². The van der Waals surface area contributed by atoms with Gasteiger partial charge in [-0.1, -0.05) is 23.2 Å². The number of fused-ring (bicyclic) bond motifs is 3. The van der Waals surface area contributed by atoms with Crippen LogP contribution in [-0.2, 0) is 0 Å². The molecule has 0 radical (unpaired) electrons. The molecule has 1 aromatic rings. The van der Waals surface area contributed by atoms with E-state index in [9.17, 15) is 0 Å². The molecule has 1 N–H and O–H groups in total. The predicted octanol–water partition coefficient (Wildman–Crippen LogP) is 2.27. The summed E-state index contributed by atoms with van der Waals surface area (Å²) in [6.45, 7) is 2.06. The Hall–Kier alpha value is -1.48. The average molecular weight is 220 g/mol. The van der Waals surface area contributed by atoms with Crippen LogP contribution in [0.25, 0.3) is 5.03 Å². The lowest BCUT2D eigenvalue weighted by Crippen LogP contribution is -2.37. The van der Waals surface area contributed by atoms with Crippen molar-refractivity contribution in [1.29, 1.82) is 0 Å². The largest absolute Gasteiger partial charge is 0.304 e. The second-order valence-electron chi connectivity index (χ2n) is 3.76. The number of hydrazone groups is 1. The van der Waals surface area contributed by atoms with E-state index in [1.165, 1.54) is 5.56 Å². The van der Waals surface area contributed by atoms with Crippen molar-refractivity contribution in [2.45, 2.75) is 13.1 Å². The quantitative estimate of drug-likeness (QED) is 0.725. The van der Waals surface area contributed by atoms with Gasteiger partial charge in [0.15, 0.2) is 0 Å². The van der Waals surface area contributed by atoms with E-state index < -0.39 is 0 Å². The Kier molecular flexibility index (Phi) is 1.76. The topological polar surface area (TPSA) is 27.6 Å². The summed E-state index contributed by atoms with van der Waals surface area (Å²) in [7, 11) is 0. The van der Waals surface area contributed by atoms with Crippen LogP contribution in [0.15, 0.2) is 29.4 Å². The monoisotopic (exact) mass is 219 g/mol. The van der Waals surface area contributed by atoms with E-state index >= 15 is 0 Å². The van der Waals surface area contributed by atoms with Crippen LogP contribution in [0.4, 0.5) is 5.69 Å². The van der Waals surface area contributed by atoms with Gasteiger partial charge in [-0.25, -0.2) is 0 Å². The standard InChI is InChI=1S/C11H10ClN3/c1-7-2-3-10-8(4-7)9(12)5-11-14-13-6-15(10)11/h2-6,11,14H,1H3. The molecule has 3 rings (SSSR count). The number of rotatable bonds is 0. The van der Waals surface area contributed by atoms with Crippen molar-refractivity contribution >= 4 is 28.7 Å². The first-order valence-corrected chi connectivity index (χ1v) is 5.19. The number of benzene rings is 1. The number of anilines is 1. The molecule has 4 heteroatoms. The second-order valence-corrected chi connectivity index (χ2v) is 4.17. The second kappa shape index (κ2) is 3.00. The molecule has 0 bridgehead atoms. The van der Waals surface area contributed by atoms with Crippen LogP contribution in [0.2, 0.25) is 0 Å². The van der Waals surface area contributed by atoms with Crippen molar-refractivity contribution in [1.82, 2.24) is 5.43 Å². The van der Waals surface area contributed by atoms with Crippen molar-refractivity contribution in [3.05, 3.63) is 35.4 Å². The molecule has 0 amide bonds. The molecule has 0 aromatic heterocycles. The van der Waals surface area contributed by atoms with Gasteiger partial charge in [-0.2, -0.15) is 5.10 Å². The van der Waals surface area contributed by atoms with E-state index in [-0.39, 0.29) is 6.17 Å². The van der Waals surface area contributed by atoms with Crippen molar-refractivity contribution in [2.24, 2.45) is 5.10 Å². The van der Waals surface area contributed by atoms with E-state index in [1.54, 1.807) is 6.34 Å². The number of hydrogen-bond acceptors (Lipinski definition) is 3. The fourth-order valence-corrected chi connectivity index (χ4v) is 2.20. The predicted molar refractivity (Wildman–Crippen MR) is 62.9 cm³/mol. The van der Waals surface area contributed by atoms with Gasteiger partial charge in [0.1, 0.15) is 12.5 Å². The molecule has 3 nitrogen and oxygen atoms in total. The highest BCUT2D eigenvalue weighted by molar-refractivity contribution is 6.49. The van der Waals surface area contributed by atoms with Crippen LogP contribution >= 0.6 is 11.6 Å². The maximum Gasteiger partial charge on any atom is 0.141 e. The Bertz CT molecular complexity index is 479. The van der Waals surface area contributed by atoms with E-state index in [2.05, 4.69) is 40.5 Å². The van der Waals surface area contributed by atoms with Crippen molar-refractivity contribution < 1.29 is 0 Å². The molecule has 0 spiro atoms. The maximum atomic E-state index is 6.22. The molecule has 2 aliphatic rings. The molecule has 2 heterocycles. The van der Waals surface area contributed by atoms with E-state index in [0.29, 0.717) is 0 Å². The van der Waals surface area contributed by atoms with Crippen LogP contribution in [0.5, 0.6) is 0 Å². The highest BCUT2D eigenvalue weighted by Crippen LogP contribution is 2.36. The Labute approximate surface area is 93.0 Å². The van der Waals surface area contributed by atoms with Gasteiger partial charge in [-0.15, -0.1) is 0 Å².